The van der Waals surface area contributed by atoms with Crippen molar-refractivity contribution in [3.05, 3.63) is 15.6 Å². The van der Waals surface area contributed by atoms with Crippen molar-refractivity contribution >= 4 is 21.2 Å². The molecule has 1 aromatic rings. The second kappa shape index (κ2) is 3.75. The van der Waals surface area contributed by atoms with Crippen molar-refractivity contribution in [3.8, 4) is 0 Å². The van der Waals surface area contributed by atoms with Gasteiger partial charge in [-0.05, 0) is 13.8 Å². The van der Waals surface area contributed by atoms with Crippen LogP contribution in [0.25, 0.3) is 0 Å². The number of rotatable bonds is 3. The van der Waals surface area contributed by atoms with Crippen LogP contribution in [-0.2, 0) is 15.6 Å². The predicted octanol–water partition coefficient (Wildman–Crippen LogP) is 1.69. The van der Waals surface area contributed by atoms with Crippen LogP contribution in [0.2, 0.25) is 0 Å². The molecule has 1 aromatic heterocycles. The Morgan fingerprint density at radius 1 is 1.38 bits per heavy atom. The van der Waals surface area contributed by atoms with Gasteiger partial charge in [0.05, 0.1) is 16.5 Å². The van der Waals surface area contributed by atoms with Crippen molar-refractivity contribution in [2.45, 2.75) is 26.5 Å². The van der Waals surface area contributed by atoms with Crippen LogP contribution < -0.4 is 0 Å². The van der Waals surface area contributed by atoms with Gasteiger partial charge in [-0.3, -0.25) is 0 Å². The van der Waals surface area contributed by atoms with Crippen molar-refractivity contribution in [1.82, 2.24) is 4.98 Å². The Hall–Kier alpha value is -0.420. The molecule has 0 fully saturated rings. The maximum atomic E-state index is 11.3. The van der Waals surface area contributed by atoms with Gasteiger partial charge in [0.15, 0.2) is 9.84 Å². The SMILES string of the molecule is CCS(=O)(=O)Cc1nc(C)sc1C. The lowest BCUT2D eigenvalue weighted by Gasteiger charge is -1.98. The fourth-order valence-electron chi connectivity index (χ4n) is 1.02. The van der Waals surface area contributed by atoms with Crippen molar-refractivity contribution < 1.29 is 8.42 Å². The van der Waals surface area contributed by atoms with Gasteiger partial charge in [0.1, 0.15) is 0 Å². The molecule has 0 aliphatic rings. The predicted molar refractivity (Wildman–Crippen MR) is 54.8 cm³/mol. The third-order valence-corrected chi connectivity index (χ3v) is 4.32. The fourth-order valence-corrected chi connectivity index (χ4v) is 2.84. The minimum Gasteiger partial charge on any atom is -0.245 e. The lowest BCUT2D eigenvalue weighted by molar-refractivity contribution is 0.596. The molecule has 0 bridgehead atoms. The molecule has 0 atom stereocenters. The first kappa shape index (κ1) is 10.7. The minimum absolute atomic E-state index is 0.0830. The van der Waals surface area contributed by atoms with E-state index in [1.54, 1.807) is 18.3 Å². The molecule has 3 nitrogen and oxygen atoms in total. The normalized spacial score (nSPS) is 11.9. The number of thiazole rings is 1. The number of hydrogen-bond donors (Lipinski definition) is 0. The second-order valence-electron chi connectivity index (χ2n) is 2.91. The van der Waals surface area contributed by atoms with Crippen LogP contribution in [0.15, 0.2) is 0 Å². The van der Waals surface area contributed by atoms with Gasteiger partial charge in [0.2, 0.25) is 0 Å². The molecule has 0 aliphatic carbocycles. The number of sulfone groups is 1. The average Bonchev–Trinajstić information content (AvgIpc) is 2.30. The van der Waals surface area contributed by atoms with E-state index in [9.17, 15) is 8.42 Å². The minimum atomic E-state index is -2.94. The van der Waals surface area contributed by atoms with Gasteiger partial charge in [-0.2, -0.15) is 0 Å². The van der Waals surface area contributed by atoms with Crippen LogP contribution in [0.3, 0.4) is 0 Å². The van der Waals surface area contributed by atoms with E-state index in [0.29, 0.717) is 5.69 Å². The van der Waals surface area contributed by atoms with Crippen molar-refractivity contribution in [3.63, 3.8) is 0 Å². The first-order chi connectivity index (χ1) is 5.94. The van der Waals surface area contributed by atoms with Gasteiger partial charge >= 0.3 is 0 Å². The summed E-state index contributed by atoms with van der Waals surface area (Å²) in [5.41, 5.74) is 0.712. The summed E-state index contributed by atoms with van der Waals surface area (Å²) in [6.45, 7) is 5.45. The molecule has 0 spiro atoms. The van der Waals surface area contributed by atoms with Crippen LogP contribution in [0.1, 0.15) is 22.5 Å². The molecule has 0 saturated carbocycles. The molecule has 1 heterocycles. The van der Waals surface area contributed by atoms with Gasteiger partial charge in [-0.15, -0.1) is 11.3 Å². The van der Waals surface area contributed by atoms with Crippen LogP contribution in [0, 0.1) is 13.8 Å². The topological polar surface area (TPSA) is 47.0 Å². The Kier molecular flexibility index (Phi) is 3.08. The highest BCUT2D eigenvalue weighted by atomic mass is 32.2. The number of aryl methyl sites for hydroxylation is 2. The van der Waals surface area contributed by atoms with E-state index in [1.165, 1.54) is 0 Å². The molecule has 0 amide bonds. The maximum absolute atomic E-state index is 11.3. The highest BCUT2D eigenvalue weighted by Gasteiger charge is 2.13. The van der Waals surface area contributed by atoms with Gasteiger partial charge in [0, 0.05) is 10.6 Å². The van der Waals surface area contributed by atoms with Crippen LogP contribution in [0.4, 0.5) is 0 Å². The van der Waals surface area contributed by atoms with Crippen LogP contribution >= 0.6 is 11.3 Å². The summed E-state index contributed by atoms with van der Waals surface area (Å²) in [5, 5.41) is 0.929. The molecule has 0 saturated heterocycles. The van der Waals surface area contributed by atoms with E-state index in [2.05, 4.69) is 4.98 Å². The first-order valence-corrected chi connectivity index (χ1v) is 6.71. The van der Waals surface area contributed by atoms with Crippen LogP contribution in [0.5, 0.6) is 0 Å². The molecule has 0 radical (unpaired) electrons. The van der Waals surface area contributed by atoms with Gasteiger partial charge in [0.25, 0.3) is 0 Å². The molecule has 5 heteroatoms. The van der Waals surface area contributed by atoms with E-state index >= 15 is 0 Å². The summed E-state index contributed by atoms with van der Waals surface area (Å²) in [5.74, 6) is 0.267. The summed E-state index contributed by atoms with van der Waals surface area (Å²) in [6, 6.07) is 0. The molecular formula is C8H13NO2S2. The third kappa shape index (κ3) is 2.77. The Labute approximate surface area is 82.7 Å². The molecular weight excluding hydrogens is 206 g/mol. The molecule has 74 valence electrons. The summed E-state index contributed by atoms with van der Waals surface area (Å²) < 4.78 is 22.6. The standard InChI is InChI=1S/C8H13NO2S2/c1-4-13(10,11)5-8-6(2)12-7(3)9-8/h4-5H2,1-3H3. The van der Waals surface area contributed by atoms with Crippen molar-refractivity contribution in [2.24, 2.45) is 0 Å². The Bertz CT molecular complexity index is 392. The molecule has 1 rings (SSSR count). The Morgan fingerprint density at radius 3 is 2.38 bits per heavy atom. The summed E-state index contributed by atoms with van der Waals surface area (Å²) >= 11 is 1.54. The molecule has 0 N–H and O–H groups in total. The number of hydrogen-bond acceptors (Lipinski definition) is 4. The number of aromatic nitrogens is 1. The second-order valence-corrected chi connectivity index (χ2v) is 6.67. The number of nitrogens with zero attached hydrogens (tertiary/aromatic N) is 1. The lowest BCUT2D eigenvalue weighted by Crippen LogP contribution is -2.07. The smallest absolute Gasteiger partial charge is 0.155 e. The highest BCUT2D eigenvalue weighted by molar-refractivity contribution is 7.90. The summed E-state index contributed by atoms with van der Waals surface area (Å²) in [7, 11) is -2.94. The first-order valence-electron chi connectivity index (χ1n) is 4.08. The summed E-state index contributed by atoms with van der Waals surface area (Å²) in [6.07, 6.45) is 0. The van der Waals surface area contributed by atoms with E-state index in [-0.39, 0.29) is 11.5 Å². The summed E-state index contributed by atoms with van der Waals surface area (Å²) in [4.78, 5) is 5.19. The van der Waals surface area contributed by atoms with Crippen molar-refractivity contribution in [2.75, 3.05) is 5.75 Å². The van der Waals surface area contributed by atoms with E-state index in [4.69, 9.17) is 0 Å². The Morgan fingerprint density at radius 2 is 2.00 bits per heavy atom. The monoisotopic (exact) mass is 219 g/mol. The average molecular weight is 219 g/mol. The van der Waals surface area contributed by atoms with E-state index in [1.807, 2.05) is 13.8 Å². The molecule has 0 unspecified atom stereocenters. The molecule has 0 aliphatic heterocycles. The maximum Gasteiger partial charge on any atom is 0.155 e. The van der Waals surface area contributed by atoms with Crippen LogP contribution in [-0.4, -0.2) is 19.2 Å². The van der Waals surface area contributed by atoms with E-state index < -0.39 is 9.84 Å². The van der Waals surface area contributed by atoms with E-state index in [0.717, 1.165) is 9.88 Å². The highest BCUT2D eigenvalue weighted by Crippen LogP contribution is 2.18. The lowest BCUT2D eigenvalue weighted by atomic mass is 10.4. The Balaban J connectivity index is 2.92. The largest absolute Gasteiger partial charge is 0.245 e. The van der Waals surface area contributed by atoms with Gasteiger partial charge in [-0.25, -0.2) is 13.4 Å². The van der Waals surface area contributed by atoms with Gasteiger partial charge in [-0.1, -0.05) is 6.92 Å². The zero-order valence-corrected chi connectivity index (χ0v) is 9.63. The third-order valence-electron chi connectivity index (χ3n) is 1.80. The molecule has 13 heavy (non-hydrogen) atoms. The zero-order chi connectivity index (χ0) is 10.1. The van der Waals surface area contributed by atoms with Gasteiger partial charge < -0.3 is 0 Å². The van der Waals surface area contributed by atoms with Crippen molar-refractivity contribution in [1.29, 1.82) is 0 Å². The quantitative estimate of drug-likeness (QED) is 0.777. The fraction of sp³-hybridized carbons (Fsp3) is 0.625. The zero-order valence-electron chi connectivity index (χ0n) is 7.99. The molecule has 0 aromatic carbocycles.